The van der Waals surface area contributed by atoms with Gasteiger partial charge >= 0.3 is 0 Å². The molecular formula is C18H26O11. The summed E-state index contributed by atoms with van der Waals surface area (Å²) in [5.41, 5.74) is 0. The fourth-order valence-electron chi connectivity index (χ4n) is 3.29. The van der Waals surface area contributed by atoms with Crippen molar-refractivity contribution in [1.29, 1.82) is 0 Å². The second kappa shape index (κ2) is 9.62. The highest BCUT2D eigenvalue weighted by molar-refractivity contribution is 5.21. The van der Waals surface area contributed by atoms with Gasteiger partial charge in [0.05, 0.1) is 13.2 Å². The first-order valence-corrected chi connectivity index (χ1v) is 9.17. The summed E-state index contributed by atoms with van der Waals surface area (Å²) < 4.78 is 21.7. The van der Waals surface area contributed by atoms with Crippen molar-refractivity contribution < 1.29 is 54.7 Å². The molecule has 11 heteroatoms. The zero-order valence-electron chi connectivity index (χ0n) is 15.3. The SMILES string of the molecule is OC[C@H]1O[C@H](O[C@H]2[C@H](O)[C@@H](O)[C@@H](Oc3ccccc3)O[C@@H]2CO)[C@H](O)[C@@H](O)[C@@H]1O. The minimum atomic E-state index is -1.71. The van der Waals surface area contributed by atoms with Crippen LogP contribution in [0, 0.1) is 0 Å². The lowest BCUT2D eigenvalue weighted by Gasteiger charge is -2.45. The second-order valence-corrected chi connectivity index (χ2v) is 6.94. The molecule has 2 aliphatic heterocycles. The number of para-hydroxylation sites is 1. The molecular weight excluding hydrogens is 392 g/mol. The Morgan fingerprint density at radius 3 is 1.90 bits per heavy atom. The van der Waals surface area contributed by atoms with Crippen LogP contribution in [0.1, 0.15) is 0 Å². The molecule has 0 radical (unpaired) electrons. The van der Waals surface area contributed by atoms with Gasteiger partial charge in [-0.05, 0) is 12.1 Å². The van der Waals surface area contributed by atoms with E-state index < -0.39 is 74.6 Å². The van der Waals surface area contributed by atoms with E-state index in [2.05, 4.69) is 0 Å². The van der Waals surface area contributed by atoms with Crippen LogP contribution in [0.2, 0.25) is 0 Å². The number of ether oxygens (including phenoxy) is 4. The molecule has 0 unspecified atom stereocenters. The van der Waals surface area contributed by atoms with Crippen molar-refractivity contribution in [3.63, 3.8) is 0 Å². The molecule has 2 aliphatic rings. The molecule has 0 amide bonds. The van der Waals surface area contributed by atoms with Gasteiger partial charge in [-0.15, -0.1) is 0 Å². The molecule has 2 fully saturated rings. The average Bonchev–Trinajstić information content (AvgIpc) is 2.74. The van der Waals surface area contributed by atoms with Crippen LogP contribution in [0.25, 0.3) is 0 Å². The number of benzene rings is 1. The molecule has 1 aromatic rings. The quantitative estimate of drug-likeness (QED) is 0.246. The van der Waals surface area contributed by atoms with E-state index in [4.69, 9.17) is 18.9 Å². The lowest BCUT2D eigenvalue weighted by molar-refractivity contribution is -0.352. The van der Waals surface area contributed by atoms with Crippen LogP contribution in [0.3, 0.4) is 0 Å². The monoisotopic (exact) mass is 418 g/mol. The maximum absolute atomic E-state index is 10.5. The van der Waals surface area contributed by atoms with Crippen LogP contribution in [-0.4, -0.2) is 110 Å². The van der Waals surface area contributed by atoms with Gasteiger partial charge in [-0.3, -0.25) is 0 Å². The van der Waals surface area contributed by atoms with E-state index >= 15 is 0 Å². The van der Waals surface area contributed by atoms with Gasteiger partial charge in [-0.25, -0.2) is 0 Å². The van der Waals surface area contributed by atoms with Gasteiger partial charge in [0.1, 0.15) is 54.6 Å². The molecule has 164 valence electrons. The highest BCUT2D eigenvalue weighted by atomic mass is 16.7. The topological polar surface area (TPSA) is 179 Å². The minimum absolute atomic E-state index is 0.369. The van der Waals surface area contributed by atoms with Gasteiger partial charge in [0.15, 0.2) is 6.29 Å². The van der Waals surface area contributed by atoms with Crippen molar-refractivity contribution in [2.24, 2.45) is 0 Å². The summed E-state index contributed by atoms with van der Waals surface area (Å²) in [6.07, 6.45) is -14.8. The molecule has 3 rings (SSSR count). The smallest absolute Gasteiger partial charge is 0.229 e. The highest BCUT2D eigenvalue weighted by Gasteiger charge is 2.51. The molecule has 1 aromatic carbocycles. The van der Waals surface area contributed by atoms with Gasteiger partial charge in [-0.2, -0.15) is 0 Å². The van der Waals surface area contributed by atoms with Gasteiger partial charge in [0.2, 0.25) is 6.29 Å². The summed E-state index contributed by atoms with van der Waals surface area (Å²) in [4.78, 5) is 0. The minimum Gasteiger partial charge on any atom is -0.462 e. The van der Waals surface area contributed by atoms with Gasteiger partial charge in [0, 0.05) is 0 Å². The molecule has 2 heterocycles. The molecule has 0 aliphatic carbocycles. The Labute approximate surface area is 166 Å². The summed E-state index contributed by atoms with van der Waals surface area (Å²) >= 11 is 0. The maximum Gasteiger partial charge on any atom is 0.229 e. The van der Waals surface area contributed by atoms with Crippen LogP contribution >= 0.6 is 0 Å². The Kier molecular flexibility index (Phi) is 7.40. The Morgan fingerprint density at radius 1 is 0.690 bits per heavy atom. The van der Waals surface area contributed by atoms with Crippen molar-refractivity contribution in [2.75, 3.05) is 13.2 Å². The number of aliphatic hydroxyl groups excluding tert-OH is 7. The van der Waals surface area contributed by atoms with Crippen LogP contribution in [-0.2, 0) is 14.2 Å². The van der Waals surface area contributed by atoms with Crippen molar-refractivity contribution in [1.82, 2.24) is 0 Å². The van der Waals surface area contributed by atoms with Crippen LogP contribution in [0.5, 0.6) is 5.75 Å². The number of hydrogen-bond donors (Lipinski definition) is 7. The predicted octanol–water partition coefficient (Wildman–Crippen LogP) is -3.31. The number of rotatable bonds is 6. The van der Waals surface area contributed by atoms with Crippen molar-refractivity contribution in [2.45, 2.75) is 61.4 Å². The van der Waals surface area contributed by atoms with E-state index in [9.17, 15) is 35.7 Å². The zero-order valence-corrected chi connectivity index (χ0v) is 15.3. The molecule has 0 aromatic heterocycles. The van der Waals surface area contributed by atoms with E-state index in [1.165, 1.54) is 0 Å². The summed E-state index contributed by atoms with van der Waals surface area (Å²) in [7, 11) is 0. The highest BCUT2D eigenvalue weighted by Crippen LogP contribution is 2.30. The summed E-state index contributed by atoms with van der Waals surface area (Å²) in [5.74, 6) is 0.369. The molecule has 0 saturated carbocycles. The van der Waals surface area contributed by atoms with E-state index in [-0.39, 0.29) is 0 Å². The Balaban J connectivity index is 1.71. The van der Waals surface area contributed by atoms with Crippen molar-refractivity contribution in [3.8, 4) is 5.75 Å². The first-order chi connectivity index (χ1) is 13.9. The lowest BCUT2D eigenvalue weighted by Crippen LogP contribution is -2.65. The zero-order chi connectivity index (χ0) is 21.1. The second-order valence-electron chi connectivity index (χ2n) is 6.94. The fourth-order valence-corrected chi connectivity index (χ4v) is 3.29. The molecule has 0 spiro atoms. The third-order valence-electron chi connectivity index (χ3n) is 4.96. The van der Waals surface area contributed by atoms with E-state index in [1.54, 1.807) is 30.3 Å². The van der Waals surface area contributed by atoms with Crippen LogP contribution in [0.4, 0.5) is 0 Å². The molecule has 29 heavy (non-hydrogen) atoms. The van der Waals surface area contributed by atoms with Gasteiger partial charge in [-0.1, -0.05) is 18.2 Å². The predicted molar refractivity (Wildman–Crippen MR) is 93.5 cm³/mol. The molecule has 10 atom stereocenters. The Morgan fingerprint density at radius 2 is 1.28 bits per heavy atom. The van der Waals surface area contributed by atoms with E-state index in [0.717, 1.165) is 0 Å². The molecule has 0 bridgehead atoms. The summed E-state index contributed by atoms with van der Waals surface area (Å²) in [5, 5.41) is 69.6. The van der Waals surface area contributed by atoms with Gasteiger partial charge < -0.3 is 54.7 Å². The maximum atomic E-state index is 10.5. The normalized spacial score (nSPS) is 43.1. The number of aliphatic hydroxyl groups is 7. The average molecular weight is 418 g/mol. The van der Waals surface area contributed by atoms with Gasteiger partial charge in [0.25, 0.3) is 0 Å². The van der Waals surface area contributed by atoms with E-state index in [1.807, 2.05) is 0 Å². The van der Waals surface area contributed by atoms with Crippen LogP contribution in [0.15, 0.2) is 30.3 Å². The Bertz CT molecular complexity index is 627. The van der Waals surface area contributed by atoms with E-state index in [0.29, 0.717) is 5.75 Å². The summed E-state index contributed by atoms with van der Waals surface area (Å²) in [6.45, 7) is -1.28. The molecule has 11 nitrogen and oxygen atoms in total. The Hall–Kier alpha value is -1.38. The standard InChI is InChI=1S/C18H26O11/c19-6-9-11(21)12(22)14(24)18(27-9)29-16-10(7-20)28-17(15(25)13(16)23)26-8-4-2-1-3-5-8/h1-5,9-25H,6-7H2/t9-,10-,11-,12+,13-,14-,15-,16-,17+,18-/m1/s1. The number of hydrogen-bond acceptors (Lipinski definition) is 11. The van der Waals surface area contributed by atoms with Crippen LogP contribution < -0.4 is 4.74 Å². The van der Waals surface area contributed by atoms with Crippen molar-refractivity contribution in [3.05, 3.63) is 30.3 Å². The molecule has 7 N–H and O–H groups in total. The lowest BCUT2D eigenvalue weighted by atomic mass is 9.97. The first kappa shape index (κ1) is 22.3. The molecule has 2 saturated heterocycles. The fraction of sp³-hybridized carbons (Fsp3) is 0.667. The largest absolute Gasteiger partial charge is 0.462 e. The summed E-state index contributed by atoms with van der Waals surface area (Å²) in [6, 6.07) is 8.41. The van der Waals surface area contributed by atoms with Crippen molar-refractivity contribution >= 4 is 0 Å². The third kappa shape index (κ3) is 4.70. The third-order valence-corrected chi connectivity index (χ3v) is 4.96. The first-order valence-electron chi connectivity index (χ1n) is 9.17.